The van der Waals surface area contributed by atoms with E-state index in [2.05, 4.69) is 36.5 Å². The molecule has 0 saturated heterocycles. The van der Waals surface area contributed by atoms with Crippen LogP contribution in [0.3, 0.4) is 0 Å². The average Bonchev–Trinajstić information content (AvgIpc) is 2.84. The Labute approximate surface area is 124 Å². The molecule has 3 heteroatoms. The lowest BCUT2D eigenvalue weighted by Gasteiger charge is -2.36. The molecule has 2 rings (SSSR count). The van der Waals surface area contributed by atoms with Crippen LogP contribution in [0, 0.1) is 11.8 Å². The van der Waals surface area contributed by atoms with Gasteiger partial charge in [0.05, 0.1) is 5.69 Å². The van der Waals surface area contributed by atoms with E-state index in [4.69, 9.17) is 0 Å². The summed E-state index contributed by atoms with van der Waals surface area (Å²) in [4.78, 5) is 0. The van der Waals surface area contributed by atoms with E-state index in [9.17, 15) is 0 Å². The third-order valence-electron chi connectivity index (χ3n) is 4.68. The maximum absolute atomic E-state index is 4.58. The second-order valence-corrected chi connectivity index (χ2v) is 6.47. The molecule has 20 heavy (non-hydrogen) atoms. The first-order chi connectivity index (χ1) is 9.72. The van der Waals surface area contributed by atoms with Gasteiger partial charge in [-0.3, -0.25) is 4.68 Å². The quantitative estimate of drug-likeness (QED) is 0.826. The molecule has 0 radical (unpaired) electrons. The fraction of sp³-hybridized carbons (Fsp3) is 0.824. The predicted octanol–water partition coefficient (Wildman–Crippen LogP) is 3.55. The first-order valence-corrected chi connectivity index (χ1v) is 8.44. The molecule has 3 unspecified atom stereocenters. The largest absolute Gasteiger partial charge is 0.314 e. The van der Waals surface area contributed by atoms with Gasteiger partial charge >= 0.3 is 0 Å². The fourth-order valence-electron chi connectivity index (χ4n) is 3.70. The van der Waals surface area contributed by atoms with Gasteiger partial charge in [-0.05, 0) is 56.6 Å². The number of nitrogens with zero attached hydrogens (tertiary/aromatic N) is 2. The zero-order valence-electron chi connectivity index (χ0n) is 13.4. The van der Waals surface area contributed by atoms with E-state index in [0.29, 0.717) is 6.04 Å². The van der Waals surface area contributed by atoms with Crippen molar-refractivity contribution in [3.05, 3.63) is 18.0 Å². The van der Waals surface area contributed by atoms with E-state index in [1.54, 1.807) is 0 Å². The maximum Gasteiger partial charge on any atom is 0.0627 e. The summed E-state index contributed by atoms with van der Waals surface area (Å²) in [6, 6.07) is 2.88. The Balaban J connectivity index is 1.96. The van der Waals surface area contributed by atoms with Crippen LogP contribution in [-0.2, 0) is 13.5 Å². The van der Waals surface area contributed by atoms with E-state index in [1.165, 1.54) is 44.2 Å². The summed E-state index contributed by atoms with van der Waals surface area (Å²) in [5.41, 5.74) is 1.26. The van der Waals surface area contributed by atoms with Gasteiger partial charge in [-0.25, -0.2) is 0 Å². The van der Waals surface area contributed by atoms with Crippen molar-refractivity contribution < 1.29 is 0 Å². The summed E-state index contributed by atoms with van der Waals surface area (Å²) >= 11 is 0. The van der Waals surface area contributed by atoms with Crippen LogP contribution >= 0.6 is 0 Å². The molecule has 0 aromatic carbocycles. The molecule has 0 amide bonds. The molecule has 1 aliphatic rings. The normalized spacial score (nSPS) is 26.9. The topological polar surface area (TPSA) is 29.9 Å². The molecular weight excluding hydrogens is 246 g/mol. The third-order valence-corrected chi connectivity index (χ3v) is 4.68. The molecule has 3 nitrogen and oxygen atoms in total. The van der Waals surface area contributed by atoms with Crippen molar-refractivity contribution in [3.8, 4) is 0 Å². The number of nitrogens with one attached hydrogen (secondary N) is 1. The van der Waals surface area contributed by atoms with Crippen molar-refractivity contribution in [3.63, 3.8) is 0 Å². The van der Waals surface area contributed by atoms with Crippen LogP contribution < -0.4 is 5.32 Å². The highest BCUT2D eigenvalue weighted by Gasteiger charge is 2.30. The van der Waals surface area contributed by atoms with Gasteiger partial charge in [-0.1, -0.05) is 26.7 Å². The third kappa shape index (κ3) is 4.34. The van der Waals surface area contributed by atoms with Gasteiger partial charge in [0.15, 0.2) is 0 Å². The van der Waals surface area contributed by atoms with Crippen molar-refractivity contribution in [2.45, 2.75) is 64.8 Å². The van der Waals surface area contributed by atoms with Crippen molar-refractivity contribution in [2.24, 2.45) is 18.9 Å². The Hall–Kier alpha value is -0.830. The van der Waals surface area contributed by atoms with Crippen LogP contribution in [0.25, 0.3) is 0 Å². The zero-order chi connectivity index (χ0) is 14.4. The maximum atomic E-state index is 4.58. The number of aromatic nitrogens is 2. The molecule has 1 fully saturated rings. The van der Waals surface area contributed by atoms with Crippen molar-refractivity contribution in [2.75, 3.05) is 6.54 Å². The summed E-state index contributed by atoms with van der Waals surface area (Å²) in [6.07, 6.45) is 11.3. The molecule has 0 aliphatic heterocycles. The summed E-state index contributed by atoms with van der Waals surface area (Å²) in [5.74, 6) is 1.70. The fourth-order valence-corrected chi connectivity index (χ4v) is 3.70. The summed E-state index contributed by atoms with van der Waals surface area (Å²) in [6.45, 7) is 5.72. The van der Waals surface area contributed by atoms with E-state index < -0.39 is 0 Å². The lowest BCUT2D eigenvalue weighted by atomic mass is 9.74. The minimum Gasteiger partial charge on any atom is -0.314 e. The van der Waals surface area contributed by atoms with Crippen LogP contribution in [0.5, 0.6) is 0 Å². The molecule has 1 heterocycles. The summed E-state index contributed by atoms with van der Waals surface area (Å²) in [5, 5.41) is 8.36. The van der Waals surface area contributed by atoms with Crippen LogP contribution in [0.1, 0.15) is 58.1 Å². The zero-order valence-corrected chi connectivity index (χ0v) is 13.4. The van der Waals surface area contributed by atoms with E-state index in [-0.39, 0.29) is 0 Å². The highest BCUT2D eigenvalue weighted by Crippen LogP contribution is 2.34. The Bertz CT molecular complexity index is 385. The molecule has 1 saturated carbocycles. The minimum atomic E-state index is 0.699. The Morgan fingerprint density at radius 1 is 1.30 bits per heavy atom. The van der Waals surface area contributed by atoms with E-state index in [1.807, 2.05) is 11.7 Å². The second-order valence-electron chi connectivity index (χ2n) is 6.47. The minimum absolute atomic E-state index is 0.699. The smallest absolute Gasteiger partial charge is 0.0627 e. The monoisotopic (exact) mass is 277 g/mol. The lowest BCUT2D eigenvalue weighted by molar-refractivity contribution is 0.192. The average molecular weight is 277 g/mol. The predicted molar refractivity (Wildman–Crippen MR) is 84.7 cm³/mol. The van der Waals surface area contributed by atoms with Crippen LogP contribution in [0.15, 0.2) is 12.3 Å². The molecule has 1 aromatic rings. The Morgan fingerprint density at radius 2 is 2.15 bits per heavy atom. The Morgan fingerprint density at radius 3 is 2.80 bits per heavy atom. The van der Waals surface area contributed by atoms with Crippen molar-refractivity contribution >= 4 is 0 Å². The number of rotatable bonds is 7. The molecular formula is C17H31N3. The number of aryl methyl sites for hydroxylation is 1. The first kappa shape index (κ1) is 15.6. The Kier molecular flexibility index (Phi) is 6.08. The van der Waals surface area contributed by atoms with Crippen LogP contribution in [0.2, 0.25) is 0 Å². The first-order valence-electron chi connectivity index (χ1n) is 8.44. The summed E-state index contributed by atoms with van der Waals surface area (Å²) < 4.78 is 1.93. The van der Waals surface area contributed by atoms with E-state index >= 15 is 0 Å². The molecule has 1 aliphatic carbocycles. The van der Waals surface area contributed by atoms with Crippen LogP contribution in [-0.4, -0.2) is 22.4 Å². The van der Waals surface area contributed by atoms with Gasteiger partial charge in [-0.2, -0.15) is 5.10 Å². The molecule has 0 spiro atoms. The second kappa shape index (κ2) is 7.82. The van der Waals surface area contributed by atoms with Gasteiger partial charge in [0.25, 0.3) is 0 Å². The SMILES string of the molecule is CCCNC1CCC(CCC)CC1Cc1ccn(C)n1. The molecule has 0 bridgehead atoms. The standard InChI is InChI=1S/C17H31N3/c1-4-6-14-7-8-17(18-10-5-2)15(12-14)13-16-9-11-20(3)19-16/h9,11,14-15,17-18H,4-8,10,12-13H2,1-3H3. The van der Waals surface area contributed by atoms with Gasteiger partial charge in [0.2, 0.25) is 0 Å². The van der Waals surface area contributed by atoms with Gasteiger partial charge < -0.3 is 5.32 Å². The van der Waals surface area contributed by atoms with Crippen molar-refractivity contribution in [1.29, 1.82) is 0 Å². The van der Waals surface area contributed by atoms with Gasteiger partial charge in [-0.15, -0.1) is 0 Å². The van der Waals surface area contributed by atoms with Gasteiger partial charge in [0.1, 0.15) is 0 Å². The highest BCUT2D eigenvalue weighted by molar-refractivity contribution is 5.02. The van der Waals surface area contributed by atoms with Gasteiger partial charge in [0, 0.05) is 19.3 Å². The van der Waals surface area contributed by atoms with E-state index in [0.717, 1.165) is 24.8 Å². The summed E-state index contributed by atoms with van der Waals surface area (Å²) in [7, 11) is 2.01. The molecule has 1 aromatic heterocycles. The molecule has 3 atom stereocenters. The molecule has 114 valence electrons. The van der Waals surface area contributed by atoms with Crippen LogP contribution in [0.4, 0.5) is 0 Å². The highest BCUT2D eigenvalue weighted by atomic mass is 15.2. The lowest BCUT2D eigenvalue weighted by Crippen LogP contribution is -2.42. The number of hydrogen-bond acceptors (Lipinski definition) is 2. The molecule has 1 N–H and O–H groups in total. The van der Waals surface area contributed by atoms with Crippen molar-refractivity contribution in [1.82, 2.24) is 15.1 Å². The number of hydrogen-bond donors (Lipinski definition) is 1.